The quantitative estimate of drug-likeness (QED) is 0.794. The number of hydrogen-bond donors (Lipinski definition) is 1. The third-order valence-corrected chi connectivity index (χ3v) is 4.20. The summed E-state index contributed by atoms with van der Waals surface area (Å²) in [4.78, 5) is 4.92. The fourth-order valence-electron chi connectivity index (χ4n) is 3.03. The molecule has 2 N–H and O–H groups in total. The molecule has 0 bridgehead atoms. The van der Waals surface area contributed by atoms with Crippen LogP contribution in [-0.4, -0.2) is 15.9 Å². The first-order valence-corrected chi connectivity index (χ1v) is 7.86. The highest BCUT2D eigenvalue weighted by molar-refractivity contribution is 5.70. The van der Waals surface area contributed by atoms with Crippen LogP contribution in [0.4, 0.5) is 0 Å². The van der Waals surface area contributed by atoms with Crippen LogP contribution in [0.15, 0.2) is 36.4 Å². The second-order valence-electron chi connectivity index (χ2n) is 5.98. The van der Waals surface area contributed by atoms with E-state index in [4.69, 9.17) is 10.7 Å². The molecular formula is C19H23N3. The van der Waals surface area contributed by atoms with Crippen molar-refractivity contribution < 1.29 is 0 Å². The molecule has 0 atom stereocenters. The molecule has 22 heavy (non-hydrogen) atoms. The van der Waals surface area contributed by atoms with Crippen LogP contribution < -0.4 is 5.73 Å². The van der Waals surface area contributed by atoms with Crippen LogP contribution in [0.3, 0.4) is 0 Å². The number of aromatic nitrogens is 2. The normalized spacial score (nSPS) is 11.3. The molecule has 2 aromatic heterocycles. The molecule has 0 spiro atoms. The van der Waals surface area contributed by atoms with Crippen LogP contribution >= 0.6 is 0 Å². The van der Waals surface area contributed by atoms with Gasteiger partial charge >= 0.3 is 0 Å². The maximum absolute atomic E-state index is 5.74. The number of pyridine rings is 1. The Hall–Kier alpha value is -2.13. The molecule has 0 amide bonds. The zero-order valence-electron chi connectivity index (χ0n) is 13.6. The number of nitrogens with two attached hydrogens (primary N) is 1. The van der Waals surface area contributed by atoms with E-state index >= 15 is 0 Å². The zero-order chi connectivity index (χ0) is 15.7. The molecule has 0 fully saturated rings. The van der Waals surface area contributed by atoms with Gasteiger partial charge in [-0.2, -0.15) is 0 Å². The van der Waals surface area contributed by atoms with Crippen LogP contribution in [0, 0.1) is 20.8 Å². The fraction of sp³-hybridized carbons (Fsp3) is 0.316. The van der Waals surface area contributed by atoms with Crippen molar-refractivity contribution in [3.63, 3.8) is 0 Å². The van der Waals surface area contributed by atoms with Crippen LogP contribution in [0.1, 0.15) is 28.9 Å². The molecule has 3 nitrogen and oxygen atoms in total. The lowest BCUT2D eigenvalue weighted by Crippen LogP contribution is -2.04. The second-order valence-corrected chi connectivity index (χ2v) is 5.98. The van der Waals surface area contributed by atoms with E-state index in [1.165, 1.54) is 28.1 Å². The molecule has 114 valence electrons. The summed E-state index contributed by atoms with van der Waals surface area (Å²) >= 11 is 0. The van der Waals surface area contributed by atoms with Crippen molar-refractivity contribution in [2.45, 2.75) is 33.6 Å². The van der Waals surface area contributed by atoms with Crippen molar-refractivity contribution in [3.8, 4) is 11.3 Å². The maximum atomic E-state index is 5.74. The average molecular weight is 293 g/mol. The summed E-state index contributed by atoms with van der Waals surface area (Å²) in [5.74, 6) is 0. The highest BCUT2D eigenvalue weighted by Gasteiger charge is 2.16. The van der Waals surface area contributed by atoms with E-state index in [0.717, 1.165) is 24.2 Å². The summed E-state index contributed by atoms with van der Waals surface area (Å²) in [6.45, 7) is 7.11. The first-order chi connectivity index (χ1) is 10.6. The van der Waals surface area contributed by atoms with Gasteiger partial charge in [-0.3, -0.25) is 0 Å². The molecule has 0 aliphatic heterocycles. The summed E-state index contributed by atoms with van der Waals surface area (Å²) in [5, 5.41) is 0. The summed E-state index contributed by atoms with van der Waals surface area (Å²) in [7, 11) is 0. The number of imidazole rings is 1. The molecule has 3 aromatic rings. The number of nitrogens with zero attached hydrogens (tertiary/aromatic N) is 2. The van der Waals surface area contributed by atoms with Crippen LogP contribution in [0.2, 0.25) is 0 Å². The first kappa shape index (κ1) is 14.8. The van der Waals surface area contributed by atoms with Gasteiger partial charge in [-0.05, 0) is 63.9 Å². The third-order valence-electron chi connectivity index (χ3n) is 4.20. The summed E-state index contributed by atoms with van der Waals surface area (Å²) in [6.07, 6.45) is 1.92. The minimum absolute atomic E-state index is 0.700. The number of rotatable bonds is 4. The summed E-state index contributed by atoms with van der Waals surface area (Å²) < 4.78 is 2.27. The molecule has 3 rings (SSSR count). The molecule has 0 saturated heterocycles. The summed E-state index contributed by atoms with van der Waals surface area (Å²) in [6, 6.07) is 12.8. The minimum Gasteiger partial charge on any atom is -0.330 e. The summed E-state index contributed by atoms with van der Waals surface area (Å²) in [5.41, 5.74) is 14.1. The van der Waals surface area contributed by atoms with Crippen LogP contribution in [-0.2, 0) is 6.42 Å². The molecule has 2 heterocycles. The number of fused-ring (bicyclic) bond motifs is 1. The molecule has 0 aliphatic rings. The SMILES string of the molecule is Cc1ccc(C)c(-c2nc3cccc(C)n3c2CCCN)c1. The largest absolute Gasteiger partial charge is 0.330 e. The van der Waals surface area contributed by atoms with E-state index in [1.807, 2.05) is 0 Å². The monoisotopic (exact) mass is 293 g/mol. The van der Waals surface area contributed by atoms with Gasteiger partial charge < -0.3 is 10.1 Å². The molecule has 0 radical (unpaired) electrons. The average Bonchev–Trinajstić information content (AvgIpc) is 2.87. The number of hydrogen-bond acceptors (Lipinski definition) is 2. The predicted molar refractivity (Wildman–Crippen MR) is 92.2 cm³/mol. The lowest BCUT2D eigenvalue weighted by molar-refractivity contribution is 0.798. The van der Waals surface area contributed by atoms with E-state index < -0.39 is 0 Å². The van der Waals surface area contributed by atoms with E-state index in [1.54, 1.807) is 0 Å². The lowest BCUT2D eigenvalue weighted by atomic mass is 10.00. The van der Waals surface area contributed by atoms with Gasteiger partial charge in [0.15, 0.2) is 0 Å². The Balaban J connectivity index is 2.28. The van der Waals surface area contributed by atoms with Crippen LogP contribution in [0.25, 0.3) is 16.9 Å². The highest BCUT2D eigenvalue weighted by Crippen LogP contribution is 2.29. The molecule has 0 unspecified atom stereocenters. The van der Waals surface area contributed by atoms with E-state index in [0.29, 0.717) is 6.54 Å². The molecule has 0 saturated carbocycles. The fourth-order valence-corrected chi connectivity index (χ4v) is 3.03. The van der Waals surface area contributed by atoms with Crippen molar-refractivity contribution in [1.29, 1.82) is 0 Å². The Kier molecular flexibility index (Phi) is 3.99. The Labute approximate surface area is 131 Å². The van der Waals surface area contributed by atoms with Gasteiger partial charge in [0, 0.05) is 11.3 Å². The lowest BCUT2D eigenvalue weighted by Gasteiger charge is -2.09. The van der Waals surface area contributed by atoms with Gasteiger partial charge in [-0.1, -0.05) is 23.8 Å². The Morgan fingerprint density at radius 2 is 1.91 bits per heavy atom. The molecule has 1 aromatic carbocycles. The topological polar surface area (TPSA) is 43.3 Å². The van der Waals surface area contributed by atoms with Gasteiger partial charge in [0.25, 0.3) is 0 Å². The van der Waals surface area contributed by atoms with Crippen molar-refractivity contribution in [1.82, 2.24) is 9.38 Å². The maximum Gasteiger partial charge on any atom is 0.137 e. The number of benzene rings is 1. The smallest absolute Gasteiger partial charge is 0.137 e. The predicted octanol–water partition coefficient (Wildman–Crippen LogP) is 3.82. The van der Waals surface area contributed by atoms with E-state index in [2.05, 4.69) is 61.6 Å². The van der Waals surface area contributed by atoms with Crippen molar-refractivity contribution in [2.75, 3.05) is 6.54 Å². The highest BCUT2D eigenvalue weighted by atomic mass is 15.0. The molecular weight excluding hydrogens is 270 g/mol. The third kappa shape index (κ3) is 2.53. The van der Waals surface area contributed by atoms with Crippen molar-refractivity contribution in [2.24, 2.45) is 5.73 Å². The van der Waals surface area contributed by atoms with Gasteiger partial charge in [0.2, 0.25) is 0 Å². The van der Waals surface area contributed by atoms with Crippen LogP contribution in [0.5, 0.6) is 0 Å². The van der Waals surface area contributed by atoms with Crippen molar-refractivity contribution in [3.05, 3.63) is 58.9 Å². The minimum atomic E-state index is 0.700. The Morgan fingerprint density at radius 3 is 2.68 bits per heavy atom. The first-order valence-electron chi connectivity index (χ1n) is 7.86. The molecule has 0 aliphatic carbocycles. The Bertz CT molecular complexity index is 815. The Morgan fingerprint density at radius 1 is 1.09 bits per heavy atom. The van der Waals surface area contributed by atoms with Crippen molar-refractivity contribution >= 4 is 5.65 Å². The van der Waals surface area contributed by atoms with E-state index in [-0.39, 0.29) is 0 Å². The van der Waals surface area contributed by atoms with Gasteiger partial charge in [0.05, 0.1) is 11.4 Å². The zero-order valence-corrected chi connectivity index (χ0v) is 13.6. The van der Waals surface area contributed by atoms with Gasteiger partial charge in [-0.25, -0.2) is 4.98 Å². The van der Waals surface area contributed by atoms with Gasteiger partial charge in [-0.15, -0.1) is 0 Å². The molecule has 3 heteroatoms. The van der Waals surface area contributed by atoms with E-state index in [9.17, 15) is 0 Å². The number of aryl methyl sites for hydroxylation is 4. The standard InChI is InChI=1S/C19H23N3/c1-13-9-10-14(2)16(12-13)19-17(7-5-11-20)22-15(3)6-4-8-18(22)21-19/h4,6,8-10,12H,5,7,11,20H2,1-3H3. The van der Waals surface area contributed by atoms with Gasteiger partial charge in [0.1, 0.15) is 5.65 Å². The second kappa shape index (κ2) is 5.93.